The molecule has 0 heterocycles. The highest BCUT2D eigenvalue weighted by Crippen LogP contribution is 2.67. The van der Waals surface area contributed by atoms with Gasteiger partial charge >= 0.3 is 0 Å². The van der Waals surface area contributed by atoms with Crippen LogP contribution in [0.25, 0.3) is 0 Å². The first-order valence-corrected chi connectivity index (χ1v) is 11.7. The minimum absolute atomic E-state index is 0.0309. The fourth-order valence-electron chi connectivity index (χ4n) is 3.74. The van der Waals surface area contributed by atoms with Crippen LogP contribution in [0.3, 0.4) is 0 Å². The SMILES string of the molecule is C=[PH](CC)C[PH](=C)CO[C@@]12C[C@@H]1[C@@H](C)[C@](C)(O)[C@@H]2C. The summed E-state index contributed by atoms with van der Waals surface area (Å²) in [5, 5.41) is 10.6. The molecule has 4 heteroatoms. The van der Waals surface area contributed by atoms with Crippen molar-refractivity contribution in [1.82, 2.24) is 0 Å². The zero-order valence-corrected chi connectivity index (χ0v) is 14.8. The van der Waals surface area contributed by atoms with Crippen LogP contribution < -0.4 is 0 Å². The van der Waals surface area contributed by atoms with Crippen LogP contribution in [-0.4, -0.2) is 47.3 Å². The molecular weight excluding hydrogens is 274 g/mol. The van der Waals surface area contributed by atoms with Crippen molar-refractivity contribution in [3.8, 4) is 0 Å². The number of aliphatic hydroxyl groups is 1. The van der Waals surface area contributed by atoms with Gasteiger partial charge in [-0.2, -0.15) is 0 Å². The second-order valence-electron chi connectivity index (χ2n) is 6.82. The van der Waals surface area contributed by atoms with Crippen molar-refractivity contribution in [2.45, 2.75) is 45.3 Å². The Labute approximate surface area is 119 Å². The van der Waals surface area contributed by atoms with Crippen molar-refractivity contribution in [3.63, 3.8) is 0 Å². The van der Waals surface area contributed by atoms with E-state index >= 15 is 0 Å². The molecule has 2 rings (SSSR count). The largest absolute Gasteiger partial charge is 0.389 e. The average Bonchev–Trinajstić information content (AvgIpc) is 3.06. The summed E-state index contributed by atoms with van der Waals surface area (Å²) in [7, 11) is -1.07. The minimum Gasteiger partial charge on any atom is -0.389 e. The number of hydrogen-bond donors (Lipinski definition) is 1. The van der Waals surface area contributed by atoms with E-state index in [0.717, 1.165) is 12.8 Å². The lowest BCUT2D eigenvalue weighted by atomic mass is 9.82. The molecule has 2 unspecified atom stereocenters. The number of ether oxygens (including phenoxy) is 1. The summed E-state index contributed by atoms with van der Waals surface area (Å²) in [5.74, 6) is 2.38. The fraction of sp³-hybridized carbons (Fsp3) is 0.867. The van der Waals surface area contributed by atoms with E-state index in [1.165, 1.54) is 12.1 Å². The van der Waals surface area contributed by atoms with Crippen LogP contribution in [0.2, 0.25) is 0 Å². The second kappa shape index (κ2) is 5.38. The van der Waals surface area contributed by atoms with Gasteiger partial charge in [0.1, 0.15) is 0 Å². The van der Waals surface area contributed by atoms with Crippen molar-refractivity contribution in [2.75, 3.05) is 18.4 Å². The van der Waals surface area contributed by atoms with Crippen molar-refractivity contribution in [2.24, 2.45) is 17.8 Å². The highest BCUT2D eigenvalue weighted by molar-refractivity contribution is 7.72. The molecule has 2 nitrogen and oxygen atoms in total. The summed E-state index contributed by atoms with van der Waals surface area (Å²) in [6.45, 7) is 8.53. The highest BCUT2D eigenvalue weighted by Gasteiger charge is 2.73. The van der Waals surface area contributed by atoms with Crippen LogP contribution in [0.5, 0.6) is 0 Å². The normalized spacial score (nSPS) is 47.7. The van der Waals surface area contributed by atoms with Crippen LogP contribution in [-0.2, 0) is 4.74 Å². The lowest BCUT2D eigenvalue weighted by Gasteiger charge is -2.33. The molecule has 0 aliphatic heterocycles. The molecule has 0 aromatic carbocycles. The van der Waals surface area contributed by atoms with Gasteiger partial charge in [0.25, 0.3) is 0 Å². The topological polar surface area (TPSA) is 29.5 Å². The Hall–Kier alpha value is 0.520. The highest BCUT2D eigenvalue weighted by atomic mass is 31.2. The van der Waals surface area contributed by atoms with Gasteiger partial charge in [-0.25, -0.2) is 0 Å². The van der Waals surface area contributed by atoms with Gasteiger partial charge < -0.3 is 9.84 Å². The molecule has 0 aromatic heterocycles. The van der Waals surface area contributed by atoms with Gasteiger partial charge in [-0.15, -0.1) is 20.1 Å². The Kier molecular flexibility index (Phi) is 4.50. The number of rotatable bonds is 6. The molecule has 2 fully saturated rings. The summed E-state index contributed by atoms with van der Waals surface area (Å²) >= 11 is 0. The molecule has 7 atom stereocenters. The van der Waals surface area contributed by atoms with Gasteiger partial charge in [0.15, 0.2) is 0 Å². The number of hydrogen-bond acceptors (Lipinski definition) is 2. The van der Waals surface area contributed by atoms with E-state index in [1.54, 1.807) is 0 Å². The first-order valence-electron chi connectivity index (χ1n) is 7.45. The van der Waals surface area contributed by atoms with Crippen LogP contribution in [0.15, 0.2) is 0 Å². The van der Waals surface area contributed by atoms with E-state index in [1.807, 2.05) is 6.92 Å². The van der Waals surface area contributed by atoms with Gasteiger partial charge in [-0.3, -0.25) is 0 Å². The molecule has 0 radical (unpaired) electrons. The maximum atomic E-state index is 10.6. The second-order valence-corrected chi connectivity index (χ2v) is 12.2. The molecule has 0 amide bonds. The molecule has 0 aromatic rings. The van der Waals surface area contributed by atoms with E-state index in [0.29, 0.717) is 11.8 Å². The summed E-state index contributed by atoms with van der Waals surface area (Å²) in [6, 6.07) is 0. The zero-order valence-electron chi connectivity index (χ0n) is 12.8. The van der Waals surface area contributed by atoms with E-state index in [2.05, 4.69) is 33.4 Å². The first-order chi connectivity index (χ1) is 8.75. The Morgan fingerprint density at radius 1 is 1.32 bits per heavy atom. The molecular formula is C15H30O2P2. The molecule has 19 heavy (non-hydrogen) atoms. The molecule has 1 N–H and O–H groups in total. The molecule has 2 aliphatic rings. The van der Waals surface area contributed by atoms with E-state index in [4.69, 9.17) is 4.74 Å². The van der Waals surface area contributed by atoms with E-state index in [-0.39, 0.29) is 11.5 Å². The van der Waals surface area contributed by atoms with Crippen molar-refractivity contribution < 1.29 is 9.84 Å². The Bertz CT molecular complexity index is 405. The zero-order chi connectivity index (χ0) is 14.4. The Morgan fingerprint density at radius 3 is 2.42 bits per heavy atom. The van der Waals surface area contributed by atoms with Crippen LogP contribution in [0.4, 0.5) is 0 Å². The third-order valence-electron chi connectivity index (χ3n) is 5.69. The van der Waals surface area contributed by atoms with Gasteiger partial charge in [-0.1, -0.05) is 28.3 Å². The maximum absolute atomic E-state index is 10.6. The standard InChI is InChI=1S/C15H30O2P2/c1-7-18(5)10-19(6)9-17-15-8-13(15)11(2)14(4,16)12(15)3/h11-13,16,18-19H,5-10H2,1-4H3/t11-,12+,13-,14+,15-/m1/s1. The summed E-state index contributed by atoms with van der Waals surface area (Å²) in [6.07, 6.45) is 11.8. The Balaban J connectivity index is 1.92. The Morgan fingerprint density at radius 2 is 1.95 bits per heavy atom. The molecule has 112 valence electrons. The van der Waals surface area contributed by atoms with Crippen molar-refractivity contribution in [3.05, 3.63) is 0 Å². The summed E-state index contributed by atoms with van der Waals surface area (Å²) in [5.41, 5.74) is -0.599. The van der Waals surface area contributed by atoms with Crippen LogP contribution in [0.1, 0.15) is 34.1 Å². The van der Waals surface area contributed by atoms with Crippen LogP contribution in [0, 0.1) is 17.8 Å². The quantitative estimate of drug-likeness (QED) is 0.764. The van der Waals surface area contributed by atoms with Crippen molar-refractivity contribution in [1.29, 1.82) is 0 Å². The van der Waals surface area contributed by atoms with E-state index in [9.17, 15) is 5.11 Å². The van der Waals surface area contributed by atoms with Gasteiger partial charge in [0, 0.05) is 5.92 Å². The molecule has 2 aliphatic carbocycles. The van der Waals surface area contributed by atoms with E-state index < -0.39 is 20.7 Å². The lowest BCUT2D eigenvalue weighted by molar-refractivity contribution is -0.0672. The smallest absolute Gasteiger partial charge is 0.0776 e. The first kappa shape index (κ1) is 15.9. The maximum Gasteiger partial charge on any atom is 0.0776 e. The molecule has 0 bridgehead atoms. The summed E-state index contributed by atoms with van der Waals surface area (Å²) < 4.78 is 6.30. The van der Waals surface area contributed by atoms with Gasteiger partial charge in [0.05, 0.1) is 17.6 Å². The third kappa shape index (κ3) is 2.67. The molecule has 0 saturated heterocycles. The monoisotopic (exact) mass is 304 g/mol. The average molecular weight is 304 g/mol. The van der Waals surface area contributed by atoms with Gasteiger partial charge in [-0.05, 0) is 37.2 Å². The third-order valence-corrected chi connectivity index (χ3v) is 11.2. The predicted molar refractivity (Wildman–Crippen MR) is 92.0 cm³/mol. The van der Waals surface area contributed by atoms with Crippen LogP contribution >= 0.6 is 15.1 Å². The molecule has 0 spiro atoms. The fourth-order valence-corrected chi connectivity index (χ4v) is 8.45. The van der Waals surface area contributed by atoms with Crippen molar-refractivity contribution >= 4 is 27.7 Å². The minimum atomic E-state index is -0.647. The predicted octanol–water partition coefficient (Wildman–Crippen LogP) is 3.03. The lowest BCUT2D eigenvalue weighted by Crippen LogP contribution is -2.40. The number of fused-ring (bicyclic) bond motifs is 1. The van der Waals surface area contributed by atoms with Gasteiger partial charge in [0.2, 0.25) is 0 Å². The summed E-state index contributed by atoms with van der Waals surface area (Å²) in [4.78, 5) is 0. The molecule has 2 saturated carbocycles.